The van der Waals surface area contributed by atoms with E-state index in [4.69, 9.17) is 0 Å². The quantitative estimate of drug-likeness (QED) is 0.499. The van der Waals surface area contributed by atoms with Crippen LogP contribution in [0.3, 0.4) is 0 Å². The molecule has 2 N–H and O–H groups in total. The van der Waals surface area contributed by atoms with E-state index in [1.54, 1.807) is 25.2 Å². The minimum Gasteiger partial charge on any atom is -0.406 e. The summed E-state index contributed by atoms with van der Waals surface area (Å²) in [5.41, 5.74) is -0.369. The number of alkyl halides is 3. The molecule has 0 atom stereocenters. The third kappa shape index (κ3) is 4.13. The van der Waals surface area contributed by atoms with Crippen molar-refractivity contribution in [2.75, 3.05) is 4.98 Å². The van der Waals surface area contributed by atoms with Gasteiger partial charge in [0.15, 0.2) is 13.9 Å². The second kappa shape index (κ2) is 7.48. The number of nitrogens with zero attached hydrogens (tertiary/aromatic N) is 1. The number of hydrogen-bond donors (Lipinski definition) is 2. The van der Waals surface area contributed by atoms with E-state index >= 15 is 0 Å². The summed E-state index contributed by atoms with van der Waals surface area (Å²) in [5.74, 6) is 0. The van der Waals surface area contributed by atoms with Gasteiger partial charge in [0.05, 0.1) is 11.4 Å². The highest BCUT2D eigenvalue weighted by atomic mass is 28.3. The normalized spacial score (nSPS) is 12.0. The molecule has 0 radical (unpaired) electrons. The minimum absolute atomic E-state index is 0.0622. The van der Waals surface area contributed by atoms with Gasteiger partial charge in [-0.2, -0.15) is 18.3 Å². The van der Waals surface area contributed by atoms with Gasteiger partial charge < -0.3 is 4.98 Å². The number of rotatable bonds is 9. The minimum atomic E-state index is -4.50. The molecule has 1 heterocycles. The molecular formula is C15H22F3N3Si. The van der Waals surface area contributed by atoms with E-state index < -0.39 is 20.1 Å². The van der Waals surface area contributed by atoms with Crippen molar-refractivity contribution in [1.29, 1.82) is 0 Å². The van der Waals surface area contributed by atoms with Crippen LogP contribution >= 0.6 is 0 Å². The molecule has 122 valence electrons. The highest BCUT2D eigenvalue weighted by molar-refractivity contribution is 6.84. The number of H-pyrrole nitrogens is 1. The summed E-state index contributed by atoms with van der Waals surface area (Å²) in [6.07, 6.45) is 1.16. The summed E-state index contributed by atoms with van der Waals surface area (Å²) in [6.45, 7) is 13.0. The molecule has 0 saturated heterocycles. The molecule has 0 fully saturated rings. The van der Waals surface area contributed by atoms with Crippen molar-refractivity contribution in [2.24, 2.45) is 0 Å². The fraction of sp³-hybridized carbons (Fsp3) is 0.400. The lowest BCUT2D eigenvalue weighted by Gasteiger charge is -2.31. The molecule has 0 aliphatic carbocycles. The number of aromatic amines is 1. The summed E-state index contributed by atoms with van der Waals surface area (Å²) in [4.78, 5) is 3.18. The van der Waals surface area contributed by atoms with E-state index in [0.29, 0.717) is 30.2 Å². The first-order valence-electron chi connectivity index (χ1n) is 7.08. The van der Waals surface area contributed by atoms with Crippen molar-refractivity contribution < 1.29 is 13.2 Å². The van der Waals surface area contributed by atoms with Crippen LogP contribution in [0.5, 0.6) is 0 Å². The van der Waals surface area contributed by atoms with E-state index in [-0.39, 0.29) is 5.69 Å². The number of hydrogen-bond acceptors (Lipinski definition) is 2. The second-order valence-corrected chi connectivity index (χ2v) is 9.20. The van der Waals surface area contributed by atoms with Gasteiger partial charge in [0.2, 0.25) is 0 Å². The molecule has 1 aromatic rings. The lowest BCUT2D eigenvalue weighted by molar-refractivity contribution is -0.140. The first kappa shape index (κ1) is 18.3. The predicted octanol–water partition coefficient (Wildman–Crippen LogP) is 4.91. The lowest BCUT2D eigenvalue weighted by Crippen LogP contribution is -2.43. The number of halogens is 3. The Balaban J connectivity index is 3.32. The maximum Gasteiger partial charge on any atom is 0.437 e. The molecule has 7 heteroatoms. The fourth-order valence-corrected chi connectivity index (χ4v) is 5.73. The molecule has 0 unspecified atom stereocenters. The molecule has 0 spiro atoms. The zero-order chi connectivity index (χ0) is 16.8. The summed E-state index contributed by atoms with van der Waals surface area (Å²) < 4.78 is 39.5. The number of aryl methyl sites for hydroxylation is 1. The number of nitrogens with one attached hydrogen (secondary N) is 2. The van der Waals surface area contributed by atoms with Crippen LogP contribution < -0.4 is 4.98 Å². The second-order valence-electron chi connectivity index (χ2n) is 5.16. The Morgan fingerprint density at radius 2 is 1.64 bits per heavy atom. The largest absolute Gasteiger partial charge is 0.437 e. The number of anilines is 1. The Morgan fingerprint density at radius 1 is 1.14 bits per heavy atom. The molecular weight excluding hydrogens is 307 g/mol. The molecule has 0 aromatic carbocycles. The zero-order valence-electron chi connectivity index (χ0n) is 12.8. The molecule has 0 bridgehead atoms. The smallest absolute Gasteiger partial charge is 0.406 e. The third-order valence-electron chi connectivity index (χ3n) is 3.46. The van der Waals surface area contributed by atoms with Crippen LogP contribution in [-0.2, 0) is 12.6 Å². The van der Waals surface area contributed by atoms with Crippen molar-refractivity contribution in [3.63, 3.8) is 0 Å². The van der Waals surface area contributed by atoms with E-state index in [1.807, 2.05) is 0 Å². The summed E-state index contributed by atoms with van der Waals surface area (Å²) in [5, 5.41) is 5.95. The first-order valence-corrected chi connectivity index (χ1v) is 9.71. The van der Waals surface area contributed by atoms with Crippen molar-refractivity contribution >= 4 is 13.9 Å². The third-order valence-corrected chi connectivity index (χ3v) is 7.45. The molecule has 0 saturated carbocycles. The number of aromatic nitrogens is 2. The van der Waals surface area contributed by atoms with Crippen LogP contribution in [0.2, 0.25) is 18.1 Å². The van der Waals surface area contributed by atoms with Gasteiger partial charge in [-0.15, -0.1) is 19.7 Å². The molecule has 0 amide bonds. The van der Waals surface area contributed by atoms with E-state index in [2.05, 4.69) is 34.9 Å². The van der Waals surface area contributed by atoms with Gasteiger partial charge in [-0.05, 0) is 24.6 Å². The van der Waals surface area contributed by atoms with Gasteiger partial charge in [0.1, 0.15) is 0 Å². The Morgan fingerprint density at radius 3 is 2.00 bits per heavy atom. The van der Waals surface area contributed by atoms with Gasteiger partial charge in [0.25, 0.3) is 0 Å². The lowest BCUT2D eigenvalue weighted by atomic mass is 10.2. The van der Waals surface area contributed by atoms with E-state index in [1.165, 1.54) is 0 Å². The standard InChI is InChI=1S/C15H22F3N3Si/c1-5-9-22(10-6-2,11-7-3)21-13-12(8-4)19-20-14(13)15(16,17)18/h5-7,21H,1-3,8-11H2,4H3,(H,19,20). The summed E-state index contributed by atoms with van der Waals surface area (Å²) >= 11 is 0. The van der Waals surface area contributed by atoms with Crippen LogP contribution in [0.1, 0.15) is 18.3 Å². The average molecular weight is 329 g/mol. The zero-order valence-corrected chi connectivity index (χ0v) is 13.8. The van der Waals surface area contributed by atoms with Crippen molar-refractivity contribution in [3.8, 4) is 0 Å². The molecule has 1 aromatic heterocycles. The van der Waals surface area contributed by atoms with Gasteiger partial charge in [-0.3, -0.25) is 5.10 Å². The van der Waals surface area contributed by atoms with Crippen LogP contribution in [0.25, 0.3) is 0 Å². The SMILES string of the molecule is C=CC[Si](CC=C)(CC=C)Nc1c(C(F)(F)F)n[nH]c1CC. The topological polar surface area (TPSA) is 40.7 Å². The van der Waals surface area contributed by atoms with Crippen molar-refractivity contribution in [3.05, 3.63) is 49.4 Å². The van der Waals surface area contributed by atoms with Crippen LogP contribution in [0.4, 0.5) is 18.9 Å². The highest BCUT2D eigenvalue weighted by Crippen LogP contribution is 2.37. The highest BCUT2D eigenvalue weighted by Gasteiger charge is 2.40. The monoisotopic (exact) mass is 329 g/mol. The van der Waals surface area contributed by atoms with Crippen LogP contribution in [0, 0.1) is 0 Å². The van der Waals surface area contributed by atoms with Gasteiger partial charge in [0, 0.05) is 0 Å². The average Bonchev–Trinajstić information content (AvgIpc) is 2.82. The van der Waals surface area contributed by atoms with Crippen LogP contribution in [-0.4, -0.2) is 18.4 Å². The van der Waals surface area contributed by atoms with Crippen molar-refractivity contribution in [2.45, 2.75) is 37.7 Å². The summed E-state index contributed by atoms with van der Waals surface area (Å²) in [6, 6.07) is 1.87. The van der Waals surface area contributed by atoms with Crippen molar-refractivity contribution in [1.82, 2.24) is 10.2 Å². The Bertz CT molecular complexity index is 508. The summed E-state index contributed by atoms with van der Waals surface area (Å²) in [7, 11) is -2.32. The predicted molar refractivity (Wildman–Crippen MR) is 87.4 cm³/mol. The molecule has 0 aliphatic heterocycles. The number of allylic oxidation sites excluding steroid dienone is 3. The molecule has 0 aliphatic rings. The van der Waals surface area contributed by atoms with E-state index in [0.717, 1.165) is 0 Å². The molecule has 22 heavy (non-hydrogen) atoms. The first-order chi connectivity index (χ1) is 10.3. The van der Waals surface area contributed by atoms with E-state index in [9.17, 15) is 13.2 Å². The molecule has 3 nitrogen and oxygen atoms in total. The maximum absolute atomic E-state index is 13.2. The van der Waals surface area contributed by atoms with Gasteiger partial charge in [-0.25, -0.2) is 0 Å². The van der Waals surface area contributed by atoms with Crippen LogP contribution in [0.15, 0.2) is 38.0 Å². The van der Waals surface area contributed by atoms with Gasteiger partial charge >= 0.3 is 6.18 Å². The fourth-order valence-electron chi connectivity index (χ4n) is 2.47. The van der Waals surface area contributed by atoms with Gasteiger partial charge in [-0.1, -0.05) is 25.2 Å². The maximum atomic E-state index is 13.2. The molecule has 1 rings (SSSR count). The Labute approximate surface area is 130 Å². The Kier molecular flexibility index (Phi) is 6.22. The Hall–Kier alpha value is -1.76.